The topological polar surface area (TPSA) is 44.9 Å². The third kappa shape index (κ3) is 2.93. The van der Waals surface area contributed by atoms with Crippen molar-refractivity contribution in [1.82, 2.24) is 10.3 Å². The smallest absolute Gasteiger partial charge is 0.318 e. The number of aromatic nitrogens is 1. The van der Waals surface area contributed by atoms with Crippen LogP contribution in [0.4, 0.5) is 13.2 Å². The quantitative estimate of drug-likeness (QED) is 0.748. The Balaban J connectivity index is 0.000000146. The van der Waals surface area contributed by atoms with Crippen molar-refractivity contribution in [2.45, 2.75) is 13.1 Å². The average molecular weight is 260 g/mol. The third-order valence-corrected chi connectivity index (χ3v) is 3.59. The van der Waals surface area contributed by atoms with Crippen LogP contribution in [-0.4, -0.2) is 18.1 Å². The Morgan fingerprint density at radius 3 is 2.17 bits per heavy atom. The number of piperidine rings is 1. The molecular weight excluding hydrogens is 245 g/mol. The second-order valence-electron chi connectivity index (χ2n) is 4.77. The number of alkyl halides is 3. The molecule has 6 heteroatoms. The molecule has 3 nitrogen and oxygen atoms in total. The zero-order chi connectivity index (χ0) is 13.3. The number of hydrogen-bond donors (Lipinski definition) is 2. The fourth-order valence-corrected chi connectivity index (χ4v) is 2.34. The van der Waals surface area contributed by atoms with Gasteiger partial charge in [0.2, 0.25) is 5.56 Å². The van der Waals surface area contributed by atoms with Gasteiger partial charge < -0.3 is 10.3 Å². The molecule has 1 aromatic heterocycles. The van der Waals surface area contributed by atoms with Crippen molar-refractivity contribution in [1.29, 1.82) is 0 Å². The number of halogens is 3. The molecule has 0 bridgehead atoms. The largest absolute Gasteiger partial charge is 0.431 e. The first-order chi connectivity index (χ1) is 8.39. The molecule has 2 atom stereocenters. The Hall–Kier alpha value is -1.30. The van der Waals surface area contributed by atoms with Crippen molar-refractivity contribution in [2.75, 3.05) is 13.1 Å². The van der Waals surface area contributed by atoms with Gasteiger partial charge in [-0.15, -0.1) is 0 Å². The Bertz CT molecular complexity index is 459. The summed E-state index contributed by atoms with van der Waals surface area (Å²) < 4.78 is 35.4. The van der Waals surface area contributed by atoms with Gasteiger partial charge in [-0.1, -0.05) is 13.0 Å². The van der Waals surface area contributed by atoms with Gasteiger partial charge in [0, 0.05) is 6.07 Å². The maximum absolute atomic E-state index is 11.8. The first-order valence-electron chi connectivity index (χ1n) is 5.87. The van der Waals surface area contributed by atoms with Gasteiger partial charge in [-0.05, 0) is 36.9 Å². The summed E-state index contributed by atoms with van der Waals surface area (Å²) in [4.78, 5) is 12.0. The average Bonchev–Trinajstić information content (AvgIpc) is 2.75. The molecule has 2 aliphatic rings. The molecule has 2 unspecified atom stereocenters. The molecule has 0 radical (unpaired) electrons. The summed E-state index contributed by atoms with van der Waals surface area (Å²) in [5.74, 6) is 3.20. The molecule has 1 saturated carbocycles. The van der Waals surface area contributed by atoms with Gasteiger partial charge in [0.1, 0.15) is 5.69 Å². The Morgan fingerprint density at radius 1 is 1.22 bits per heavy atom. The fraction of sp³-hybridized carbons (Fsp3) is 0.583. The second kappa shape index (κ2) is 4.76. The van der Waals surface area contributed by atoms with Crippen LogP contribution in [0.3, 0.4) is 0 Å². The summed E-state index contributed by atoms with van der Waals surface area (Å²) in [6, 6.07) is 2.89. The van der Waals surface area contributed by atoms with Crippen LogP contribution in [0.5, 0.6) is 0 Å². The van der Waals surface area contributed by atoms with Crippen LogP contribution in [0.15, 0.2) is 23.0 Å². The highest BCUT2D eigenvalue weighted by Gasteiger charge is 2.49. The zero-order valence-corrected chi connectivity index (χ0v) is 9.92. The predicted octanol–water partition coefficient (Wildman–Crippen LogP) is 1.87. The van der Waals surface area contributed by atoms with Crippen molar-refractivity contribution < 1.29 is 13.2 Å². The van der Waals surface area contributed by atoms with Crippen LogP contribution in [0, 0.1) is 17.8 Å². The highest BCUT2D eigenvalue weighted by atomic mass is 19.4. The molecule has 2 N–H and O–H groups in total. The summed E-state index contributed by atoms with van der Waals surface area (Å²) >= 11 is 0. The highest BCUT2D eigenvalue weighted by Crippen LogP contribution is 2.47. The minimum absolute atomic E-state index is 0.750. The number of fused-ring (bicyclic) bond motifs is 1. The van der Waals surface area contributed by atoms with E-state index in [0.717, 1.165) is 36.0 Å². The summed E-state index contributed by atoms with van der Waals surface area (Å²) in [6.45, 7) is 4.95. The molecule has 1 aromatic rings. The molecule has 100 valence electrons. The number of nitrogens with one attached hydrogen (secondary N) is 2. The maximum atomic E-state index is 11.8. The van der Waals surface area contributed by atoms with E-state index in [1.165, 1.54) is 13.1 Å². The van der Waals surface area contributed by atoms with E-state index in [9.17, 15) is 18.0 Å². The van der Waals surface area contributed by atoms with Crippen LogP contribution >= 0.6 is 0 Å². The molecule has 1 aliphatic heterocycles. The van der Waals surface area contributed by atoms with Gasteiger partial charge in [0.05, 0.1) is 0 Å². The summed E-state index contributed by atoms with van der Waals surface area (Å²) in [6.07, 6.45) is -4.47. The van der Waals surface area contributed by atoms with Crippen LogP contribution in [0.25, 0.3) is 0 Å². The first-order valence-corrected chi connectivity index (χ1v) is 5.87. The van der Waals surface area contributed by atoms with Crippen LogP contribution in [0.2, 0.25) is 0 Å². The minimum Gasteiger partial charge on any atom is -0.318 e. The SMILES string of the molecule is CC1C2CNCC12.O=c1cccc(C(F)(F)F)[nH]1. The summed E-state index contributed by atoms with van der Waals surface area (Å²) in [5, 5.41) is 3.35. The third-order valence-electron chi connectivity index (χ3n) is 3.59. The monoisotopic (exact) mass is 260 g/mol. The number of hydrogen-bond acceptors (Lipinski definition) is 2. The van der Waals surface area contributed by atoms with E-state index in [2.05, 4.69) is 12.2 Å². The van der Waals surface area contributed by atoms with Gasteiger partial charge in [0.15, 0.2) is 0 Å². The molecule has 1 saturated heterocycles. The molecular formula is C12H15F3N2O. The molecule has 18 heavy (non-hydrogen) atoms. The van der Waals surface area contributed by atoms with Crippen molar-refractivity contribution in [3.8, 4) is 0 Å². The van der Waals surface area contributed by atoms with Gasteiger partial charge in [-0.25, -0.2) is 0 Å². The normalized spacial score (nSPS) is 29.2. The number of aromatic amines is 1. The van der Waals surface area contributed by atoms with Gasteiger partial charge in [-0.2, -0.15) is 13.2 Å². The van der Waals surface area contributed by atoms with Crippen LogP contribution < -0.4 is 10.9 Å². The van der Waals surface area contributed by atoms with E-state index in [0.29, 0.717) is 0 Å². The molecule has 3 rings (SSSR count). The summed E-state index contributed by atoms with van der Waals surface area (Å²) in [5.41, 5.74) is -1.77. The van der Waals surface area contributed by atoms with Crippen LogP contribution in [-0.2, 0) is 6.18 Å². The Labute approximate surface area is 102 Å². The van der Waals surface area contributed by atoms with E-state index in [1.54, 1.807) is 4.98 Å². The van der Waals surface area contributed by atoms with Crippen molar-refractivity contribution >= 4 is 0 Å². The van der Waals surface area contributed by atoms with Crippen LogP contribution in [0.1, 0.15) is 12.6 Å². The molecule has 1 aliphatic carbocycles. The molecule has 0 amide bonds. The minimum atomic E-state index is -4.47. The fourth-order valence-electron chi connectivity index (χ4n) is 2.34. The standard InChI is InChI=1S/C6H4F3NO.C6H11N/c7-6(8,9)4-2-1-3-5(11)10-4;1-4-5-2-7-3-6(4)5/h1-3H,(H,10,11);4-7H,2-3H2,1H3. The lowest BCUT2D eigenvalue weighted by molar-refractivity contribution is -0.141. The lowest BCUT2D eigenvalue weighted by Crippen LogP contribution is -2.14. The molecule has 0 aromatic carbocycles. The van der Waals surface area contributed by atoms with Crippen molar-refractivity contribution in [3.05, 3.63) is 34.2 Å². The van der Waals surface area contributed by atoms with Gasteiger partial charge in [0.25, 0.3) is 0 Å². The number of pyridine rings is 1. The Morgan fingerprint density at radius 2 is 1.83 bits per heavy atom. The molecule has 2 heterocycles. The van der Waals surface area contributed by atoms with E-state index in [-0.39, 0.29) is 0 Å². The van der Waals surface area contributed by atoms with Gasteiger partial charge >= 0.3 is 6.18 Å². The van der Waals surface area contributed by atoms with E-state index >= 15 is 0 Å². The van der Waals surface area contributed by atoms with E-state index in [1.807, 2.05) is 0 Å². The van der Waals surface area contributed by atoms with E-state index in [4.69, 9.17) is 0 Å². The lowest BCUT2D eigenvalue weighted by Gasteiger charge is -2.03. The van der Waals surface area contributed by atoms with E-state index < -0.39 is 17.4 Å². The van der Waals surface area contributed by atoms with Crippen molar-refractivity contribution in [2.24, 2.45) is 17.8 Å². The predicted molar refractivity (Wildman–Crippen MR) is 61.1 cm³/mol. The summed E-state index contributed by atoms with van der Waals surface area (Å²) in [7, 11) is 0. The van der Waals surface area contributed by atoms with Gasteiger partial charge in [-0.3, -0.25) is 4.79 Å². The first kappa shape index (κ1) is 13.1. The zero-order valence-electron chi connectivity index (χ0n) is 9.92. The highest BCUT2D eigenvalue weighted by molar-refractivity contribution is 5.06. The molecule has 0 spiro atoms. The number of rotatable bonds is 0. The Kier molecular flexibility index (Phi) is 3.47. The maximum Gasteiger partial charge on any atom is 0.431 e. The number of H-pyrrole nitrogens is 1. The molecule has 2 fully saturated rings. The lowest BCUT2D eigenvalue weighted by atomic mass is 10.3. The van der Waals surface area contributed by atoms with Crippen molar-refractivity contribution in [3.63, 3.8) is 0 Å². The second-order valence-corrected chi connectivity index (χ2v) is 4.77.